The van der Waals surface area contributed by atoms with Crippen LogP contribution < -0.4 is 10.6 Å². The van der Waals surface area contributed by atoms with Crippen LogP contribution in [0.3, 0.4) is 0 Å². The van der Waals surface area contributed by atoms with Gasteiger partial charge in [-0.15, -0.1) is 0 Å². The lowest BCUT2D eigenvalue weighted by molar-refractivity contribution is -0.117. The summed E-state index contributed by atoms with van der Waals surface area (Å²) in [6.07, 6.45) is 0.502. The Morgan fingerprint density at radius 2 is 1.95 bits per heavy atom. The number of carbonyl (C=O) groups is 1. The Balaban J connectivity index is 1.84. The Morgan fingerprint density at radius 1 is 1.19 bits per heavy atom. The second-order valence-electron chi connectivity index (χ2n) is 4.90. The summed E-state index contributed by atoms with van der Waals surface area (Å²) in [5, 5.41) is 24.3. The lowest BCUT2D eigenvalue weighted by Crippen LogP contribution is -2.40. The molecular formula is C16H13N3O2. The van der Waals surface area contributed by atoms with Crippen molar-refractivity contribution in [3.05, 3.63) is 53.6 Å². The van der Waals surface area contributed by atoms with Crippen molar-refractivity contribution in [3.8, 4) is 11.8 Å². The molecule has 0 aliphatic carbocycles. The van der Waals surface area contributed by atoms with Gasteiger partial charge in [0, 0.05) is 6.42 Å². The number of carbonyl (C=O) groups excluding carboxylic acids is 1. The molecule has 1 unspecified atom stereocenters. The van der Waals surface area contributed by atoms with Crippen LogP contribution in [-0.4, -0.2) is 17.1 Å². The molecule has 3 N–H and O–H groups in total. The zero-order valence-corrected chi connectivity index (χ0v) is 11.1. The number of para-hydroxylation sites is 1. The summed E-state index contributed by atoms with van der Waals surface area (Å²) in [4.78, 5) is 12.2. The van der Waals surface area contributed by atoms with Gasteiger partial charge in [-0.3, -0.25) is 4.79 Å². The maximum atomic E-state index is 12.2. The number of phenolic OH excluding ortho intramolecular Hbond substituents is 1. The van der Waals surface area contributed by atoms with Crippen LogP contribution in [0.2, 0.25) is 0 Å². The predicted octanol–water partition coefficient (Wildman–Crippen LogP) is 2.24. The fraction of sp³-hybridized carbons (Fsp3) is 0.125. The number of nitrogens with zero attached hydrogens (tertiary/aromatic N) is 1. The SMILES string of the molecule is N#Cc1cccc2c1NC(=O)C(Cc1ccc(O)cc1)N2. The minimum absolute atomic E-state index is 0.168. The Morgan fingerprint density at radius 3 is 2.67 bits per heavy atom. The van der Waals surface area contributed by atoms with Gasteiger partial charge >= 0.3 is 0 Å². The highest BCUT2D eigenvalue weighted by Crippen LogP contribution is 2.30. The van der Waals surface area contributed by atoms with Crippen LogP contribution in [0.5, 0.6) is 5.75 Å². The summed E-state index contributed by atoms with van der Waals surface area (Å²) in [7, 11) is 0. The molecule has 0 aromatic heterocycles. The molecule has 1 aliphatic heterocycles. The first-order valence-corrected chi connectivity index (χ1v) is 6.56. The van der Waals surface area contributed by atoms with E-state index in [1.54, 1.807) is 36.4 Å². The fourth-order valence-electron chi connectivity index (χ4n) is 2.38. The largest absolute Gasteiger partial charge is 0.508 e. The standard InChI is InChI=1S/C16H13N3O2/c17-9-11-2-1-3-13-15(11)19-16(21)14(18-13)8-10-4-6-12(20)7-5-10/h1-7,14,18,20H,8H2,(H,19,21). The van der Waals surface area contributed by atoms with E-state index < -0.39 is 6.04 Å². The van der Waals surface area contributed by atoms with Crippen molar-refractivity contribution < 1.29 is 9.90 Å². The Labute approximate surface area is 121 Å². The molecule has 0 radical (unpaired) electrons. The maximum absolute atomic E-state index is 12.2. The van der Waals surface area contributed by atoms with Gasteiger partial charge in [0.25, 0.3) is 0 Å². The van der Waals surface area contributed by atoms with Gasteiger partial charge in [-0.05, 0) is 29.8 Å². The van der Waals surface area contributed by atoms with Gasteiger partial charge in [-0.25, -0.2) is 0 Å². The summed E-state index contributed by atoms with van der Waals surface area (Å²) >= 11 is 0. The van der Waals surface area contributed by atoms with E-state index in [4.69, 9.17) is 5.26 Å². The first-order chi connectivity index (χ1) is 10.2. The smallest absolute Gasteiger partial charge is 0.247 e. The third kappa shape index (κ3) is 2.51. The molecule has 0 saturated carbocycles. The molecule has 3 rings (SSSR count). The maximum Gasteiger partial charge on any atom is 0.247 e. The fourth-order valence-corrected chi connectivity index (χ4v) is 2.38. The van der Waals surface area contributed by atoms with Crippen LogP contribution in [0.4, 0.5) is 11.4 Å². The van der Waals surface area contributed by atoms with Crippen LogP contribution in [0.25, 0.3) is 0 Å². The van der Waals surface area contributed by atoms with E-state index in [-0.39, 0.29) is 11.7 Å². The van der Waals surface area contributed by atoms with Gasteiger partial charge in [0.1, 0.15) is 17.9 Å². The van der Waals surface area contributed by atoms with Gasteiger partial charge in [-0.2, -0.15) is 5.26 Å². The van der Waals surface area contributed by atoms with Crippen molar-refractivity contribution in [2.24, 2.45) is 0 Å². The van der Waals surface area contributed by atoms with E-state index in [0.717, 1.165) is 11.3 Å². The van der Waals surface area contributed by atoms with Crippen LogP contribution >= 0.6 is 0 Å². The van der Waals surface area contributed by atoms with Crippen molar-refractivity contribution in [1.29, 1.82) is 5.26 Å². The molecule has 104 valence electrons. The summed E-state index contributed by atoms with van der Waals surface area (Å²) in [5.74, 6) is 0.0297. The van der Waals surface area contributed by atoms with E-state index in [1.807, 2.05) is 6.07 Å². The first kappa shape index (κ1) is 13.0. The van der Waals surface area contributed by atoms with Crippen LogP contribution in [0.15, 0.2) is 42.5 Å². The molecule has 0 bridgehead atoms. The van der Waals surface area contributed by atoms with Crippen LogP contribution in [0, 0.1) is 11.3 Å². The lowest BCUT2D eigenvalue weighted by Gasteiger charge is -2.27. The number of anilines is 2. The minimum atomic E-state index is -0.406. The lowest BCUT2D eigenvalue weighted by atomic mass is 10.0. The molecular weight excluding hydrogens is 266 g/mol. The molecule has 2 aromatic rings. The number of benzene rings is 2. The van der Waals surface area contributed by atoms with Crippen molar-refractivity contribution in [3.63, 3.8) is 0 Å². The van der Waals surface area contributed by atoms with Crippen LogP contribution in [0.1, 0.15) is 11.1 Å². The number of aromatic hydroxyl groups is 1. The van der Waals surface area contributed by atoms with Crippen molar-refractivity contribution >= 4 is 17.3 Å². The predicted molar refractivity (Wildman–Crippen MR) is 79.0 cm³/mol. The quantitative estimate of drug-likeness (QED) is 0.787. The monoisotopic (exact) mass is 279 g/mol. The van der Waals surface area contributed by atoms with Gasteiger partial charge < -0.3 is 15.7 Å². The number of amides is 1. The normalized spacial score (nSPS) is 16.3. The van der Waals surface area contributed by atoms with E-state index >= 15 is 0 Å². The molecule has 1 amide bonds. The number of hydrogen-bond donors (Lipinski definition) is 3. The van der Waals surface area contributed by atoms with Crippen molar-refractivity contribution in [1.82, 2.24) is 0 Å². The molecule has 0 spiro atoms. The molecule has 0 fully saturated rings. The molecule has 1 atom stereocenters. The third-order valence-corrected chi connectivity index (χ3v) is 3.46. The molecule has 1 aliphatic rings. The van der Waals surface area contributed by atoms with E-state index in [1.165, 1.54) is 0 Å². The summed E-state index contributed by atoms with van der Waals surface area (Å²) in [5.41, 5.74) is 2.67. The number of nitriles is 1. The Hall–Kier alpha value is -3.00. The Kier molecular flexibility index (Phi) is 3.20. The highest BCUT2D eigenvalue weighted by molar-refractivity contribution is 6.04. The number of rotatable bonds is 2. The summed E-state index contributed by atoms with van der Waals surface area (Å²) in [6.45, 7) is 0. The van der Waals surface area contributed by atoms with E-state index in [9.17, 15) is 9.90 Å². The van der Waals surface area contributed by atoms with E-state index in [0.29, 0.717) is 17.7 Å². The third-order valence-electron chi connectivity index (χ3n) is 3.46. The highest BCUT2D eigenvalue weighted by atomic mass is 16.3. The first-order valence-electron chi connectivity index (χ1n) is 6.56. The topological polar surface area (TPSA) is 85.2 Å². The molecule has 2 aromatic carbocycles. The molecule has 0 saturated heterocycles. The Bertz CT molecular complexity index is 732. The zero-order valence-electron chi connectivity index (χ0n) is 11.1. The zero-order chi connectivity index (χ0) is 14.8. The molecule has 1 heterocycles. The van der Waals surface area contributed by atoms with E-state index in [2.05, 4.69) is 16.7 Å². The van der Waals surface area contributed by atoms with Gasteiger partial charge in [0.15, 0.2) is 0 Å². The van der Waals surface area contributed by atoms with Gasteiger partial charge in [-0.1, -0.05) is 18.2 Å². The number of fused-ring (bicyclic) bond motifs is 1. The average molecular weight is 279 g/mol. The van der Waals surface area contributed by atoms with Gasteiger partial charge in [0.2, 0.25) is 5.91 Å². The number of hydrogen-bond acceptors (Lipinski definition) is 4. The molecule has 21 heavy (non-hydrogen) atoms. The average Bonchev–Trinajstić information content (AvgIpc) is 2.50. The van der Waals surface area contributed by atoms with Crippen molar-refractivity contribution in [2.75, 3.05) is 10.6 Å². The number of nitrogens with one attached hydrogen (secondary N) is 2. The minimum Gasteiger partial charge on any atom is -0.508 e. The van der Waals surface area contributed by atoms with Gasteiger partial charge in [0.05, 0.1) is 16.9 Å². The highest BCUT2D eigenvalue weighted by Gasteiger charge is 2.27. The summed E-state index contributed by atoms with van der Waals surface area (Å²) in [6, 6.07) is 13.7. The molecule has 5 nitrogen and oxygen atoms in total. The second kappa shape index (κ2) is 5.17. The molecule has 5 heteroatoms. The number of phenols is 1. The van der Waals surface area contributed by atoms with Crippen molar-refractivity contribution in [2.45, 2.75) is 12.5 Å². The summed E-state index contributed by atoms with van der Waals surface area (Å²) < 4.78 is 0. The second-order valence-corrected chi connectivity index (χ2v) is 4.90. The van der Waals surface area contributed by atoms with Crippen LogP contribution in [-0.2, 0) is 11.2 Å².